The molecule has 142 valence electrons. The highest BCUT2D eigenvalue weighted by atomic mass is 35.5. The molecule has 3 nitrogen and oxygen atoms in total. The monoisotopic (exact) mass is 382 g/mol. The van der Waals surface area contributed by atoms with Gasteiger partial charge in [0, 0.05) is 48.0 Å². The number of hydrogen-bond acceptors (Lipinski definition) is 2. The number of fused-ring (bicyclic) bond motifs is 2. The van der Waals surface area contributed by atoms with Crippen molar-refractivity contribution in [1.82, 2.24) is 0 Å². The molecule has 0 saturated heterocycles. The fourth-order valence-corrected chi connectivity index (χ4v) is 4.35. The second kappa shape index (κ2) is 7.40. The van der Waals surface area contributed by atoms with Crippen LogP contribution < -0.4 is 22.0 Å². The van der Waals surface area contributed by atoms with E-state index in [0.29, 0.717) is 0 Å². The van der Waals surface area contributed by atoms with Crippen molar-refractivity contribution >= 4 is 17.6 Å². The van der Waals surface area contributed by atoms with Crippen molar-refractivity contribution in [3.63, 3.8) is 0 Å². The van der Waals surface area contributed by atoms with Crippen LogP contribution >= 0.6 is 0 Å². The van der Waals surface area contributed by atoms with E-state index in [-0.39, 0.29) is 17.8 Å². The molecule has 0 amide bonds. The zero-order valence-corrected chi connectivity index (χ0v) is 17.3. The van der Waals surface area contributed by atoms with Gasteiger partial charge >= 0.3 is 0 Å². The van der Waals surface area contributed by atoms with Gasteiger partial charge in [-0.1, -0.05) is 32.0 Å². The van der Waals surface area contributed by atoms with Crippen molar-refractivity contribution in [2.24, 2.45) is 0 Å². The predicted octanol–water partition coefficient (Wildman–Crippen LogP) is 1.67. The molecule has 2 aliphatic rings. The molecule has 0 N–H and O–H groups in total. The van der Waals surface area contributed by atoms with Crippen LogP contribution in [-0.2, 0) is 11.8 Å². The number of likely N-dealkylation sites (N-methyl/N-ethyl adjacent to an activating group) is 1. The summed E-state index contributed by atoms with van der Waals surface area (Å²) in [4.78, 5) is 2.32. The van der Waals surface area contributed by atoms with Crippen LogP contribution in [0.15, 0.2) is 54.2 Å². The van der Waals surface area contributed by atoms with Gasteiger partial charge in [-0.15, -0.1) is 0 Å². The lowest BCUT2D eigenvalue weighted by molar-refractivity contribution is -0.440. The Balaban J connectivity index is 0.00000210. The SMILES string of the molecule is COc1ccc2c(c1)CCC[N+]2=CC=C1N(C)c2ccccc2C1(C)C.[Cl-]. The smallest absolute Gasteiger partial charge is 0.208 e. The highest BCUT2D eigenvalue weighted by Crippen LogP contribution is 2.46. The first kappa shape index (κ1) is 19.5. The molecule has 2 heterocycles. The highest BCUT2D eigenvalue weighted by Gasteiger charge is 2.38. The van der Waals surface area contributed by atoms with Gasteiger partial charge in [0.1, 0.15) is 12.3 Å². The summed E-state index contributed by atoms with van der Waals surface area (Å²) in [6, 6.07) is 15.1. The van der Waals surface area contributed by atoms with Crippen LogP contribution in [0.4, 0.5) is 11.4 Å². The third-order valence-corrected chi connectivity index (χ3v) is 5.79. The summed E-state index contributed by atoms with van der Waals surface area (Å²) >= 11 is 0. The Morgan fingerprint density at radius 1 is 1.15 bits per heavy atom. The molecule has 2 aliphatic heterocycles. The fourth-order valence-electron chi connectivity index (χ4n) is 4.35. The molecule has 0 bridgehead atoms. The van der Waals surface area contributed by atoms with Crippen LogP contribution in [0, 0.1) is 0 Å². The molecule has 0 saturated carbocycles. The summed E-state index contributed by atoms with van der Waals surface area (Å²) in [5.74, 6) is 0.941. The van der Waals surface area contributed by atoms with Gasteiger partial charge in [0.25, 0.3) is 0 Å². The molecule has 0 fully saturated rings. The number of methoxy groups -OCH3 is 1. The second-order valence-electron chi connectivity index (χ2n) is 7.69. The van der Waals surface area contributed by atoms with Crippen molar-refractivity contribution < 1.29 is 21.7 Å². The van der Waals surface area contributed by atoms with E-state index < -0.39 is 0 Å². The van der Waals surface area contributed by atoms with Crippen LogP contribution in [0.2, 0.25) is 0 Å². The number of para-hydroxylation sites is 1. The molecule has 0 aromatic heterocycles. The Labute approximate surface area is 168 Å². The first-order valence-corrected chi connectivity index (χ1v) is 9.35. The maximum absolute atomic E-state index is 5.39. The lowest BCUT2D eigenvalue weighted by Crippen LogP contribution is -3.00. The van der Waals surface area contributed by atoms with E-state index >= 15 is 0 Å². The Hall–Kier alpha value is -2.26. The maximum atomic E-state index is 5.39. The number of ether oxygens (including phenoxy) is 1. The molecule has 4 rings (SSSR count). The molecule has 2 aromatic rings. The number of halogens is 1. The van der Waals surface area contributed by atoms with E-state index in [0.717, 1.165) is 18.7 Å². The normalized spacial score (nSPS) is 20.2. The summed E-state index contributed by atoms with van der Waals surface area (Å²) in [7, 11) is 3.90. The number of rotatable bonds is 2. The van der Waals surface area contributed by atoms with Gasteiger partial charge in [-0.05, 0) is 30.2 Å². The molecule has 0 radical (unpaired) electrons. The summed E-state index contributed by atoms with van der Waals surface area (Å²) in [5.41, 5.74) is 6.71. The van der Waals surface area contributed by atoms with E-state index in [9.17, 15) is 0 Å². The Morgan fingerprint density at radius 3 is 2.67 bits per heavy atom. The van der Waals surface area contributed by atoms with Gasteiger partial charge in [0.2, 0.25) is 5.69 Å². The zero-order chi connectivity index (χ0) is 18.3. The van der Waals surface area contributed by atoms with E-state index in [1.807, 2.05) is 0 Å². The third-order valence-electron chi connectivity index (χ3n) is 5.79. The number of aryl methyl sites for hydroxylation is 1. The van der Waals surface area contributed by atoms with Gasteiger partial charge < -0.3 is 22.0 Å². The van der Waals surface area contributed by atoms with Crippen molar-refractivity contribution in [2.45, 2.75) is 32.1 Å². The number of hydrogen-bond donors (Lipinski definition) is 0. The minimum absolute atomic E-state index is 0. The minimum atomic E-state index is 0. The largest absolute Gasteiger partial charge is 1.00 e. The lowest BCUT2D eigenvalue weighted by atomic mass is 9.84. The predicted molar refractivity (Wildman–Crippen MR) is 108 cm³/mol. The van der Waals surface area contributed by atoms with Crippen LogP contribution in [-0.4, -0.2) is 31.5 Å². The Bertz CT molecular complexity index is 914. The van der Waals surface area contributed by atoms with Gasteiger partial charge in [-0.3, -0.25) is 0 Å². The lowest BCUT2D eigenvalue weighted by Gasteiger charge is -2.23. The van der Waals surface area contributed by atoms with Gasteiger partial charge in [0.15, 0.2) is 6.21 Å². The molecule has 0 aliphatic carbocycles. The molecule has 0 spiro atoms. The molecular formula is C23H27ClN2O. The first-order valence-electron chi connectivity index (χ1n) is 9.35. The Morgan fingerprint density at radius 2 is 1.93 bits per heavy atom. The average molecular weight is 383 g/mol. The van der Waals surface area contributed by atoms with Gasteiger partial charge in [0.05, 0.1) is 7.11 Å². The summed E-state index contributed by atoms with van der Waals surface area (Å²) < 4.78 is 7.76. The summed E-state index contributed by atoms with van der Waals surface area (Å²) in [6.45, 7) is 5.67. The topological polar surface area (TPSA) is 15.5 Å². The molecular weight excluding hydrogens is 356 g/mol. The van der Waals surface area contributed by atoms with E-state index in [1.165, 1.54) is 34.6 Å². The number of allylic oxidation sites excluding steroid dienone is 2. The molecule has 4 heteroatoms. The van der Waals surface area contributed by atoms with E-state index in [1.54, 1.807) is 7.11 Å². The van der Waals surface area contributed by atoms with Gasteiger partial charge in [-0.25, -0.2) is 0 Å². The van der Waals surface area contributed by atoms with Crippen LogP contribution in [0.5, 0.6) is 5.75 Å². The number of anilines is 1. The molecule has 0 unspecified atom stereocenters. The quantitative estimate of drug-likeness (QED) is 0.734. The maximum Gasteiger partial charge on any atom is 0.208 e. The van der Waals surface area contributed by atoms with E-state index in [4.69, 9.17) is 4.74 Å². The Kier molecular flexibility index (Phi) is 5.34. The standard InChI is InChI=1S/C23H27N2O.ClH/c1-23(2)19-9-5-6-10-21(19)24(3)22(23)13-15-25-14-7-8-17-16-18(26-4)11-12-20(17)25;/h5-6,9-13,15-16H,7-8,14H2,1-4H3;1H/q+1;/p-1. The minimum Gasteiger partial charge on any atom is -1.00 e. The third kappa shape index (κ3) is 3.25. The van der Waals surface area contributed by atoms with Crippen LogP contribution in [0.25, 0.3) is 0 Å². The first-order chi connectivity index (χ1) is 12.5. The number of benzene rings is 2. The van der Waals surface area contributed by atoms with Gasteiger partial charge in [-0.2, -0.15) is 4.58 Å². The number of nitrogens with zero attached hydrogens (tertiary/aromatic N) is 2. The second-order valence-corrected chi connectivity index (χ2v) is 7.69. The fraction of sp³-hybridized carbons (Fsp3) is 0.348. The average Bonchev–Trinajstić information content (AvgIpc) is 2.86. The molecule has 0 atom stereocenters. The molecule has 2 aromatic carbocycles. The van der Waals surface area contributed by atoms with Crippen molar-refractivity contribution in [1.29, 1.82) is 0 Å². The highest BCUT2D eigenvalue weighted by molar-refractivity contribution is 5.77. The zero-order valence-electron chi connectivity index (χ0n) is 16.5. The van der Waals surface area contributed by atoms with E-state index in [2.05, 4.69) is 85.1 Å². The van der Waals surface area contributed by atoms with Crippen LogP contribution in [0.1, 0.15) is 31.4 Å². The summed E-state index contributed by atoms with van der Waals surface area (Å²) in [5, 5.41) is 0. The summed E-state index contributed by atoms with van der Waals surface area (Å²) in [6.07, 6.45) is 6.83. The van der Waals surface area contributed by atoms with Crippen molar-refractivity contribution in [3.05, 3.63) is 65.4 Å². The van der Waals surface area contributed by atoms with Crippen molar-refractivity contribution in [3.8, 4) is 5.75 Å². The van der Waals surface area contributed by atoms with Crippen LogP contribution in [0.3, 0.4) is 0 Å². The van der Waals surface area contributed by atoms with Crippen molar-refractivity contribution in [2.75, 3.05) is 25.6 Å². The molecule has 27 heavy (non-hydrogen) atoms.